The second-order valence-corrected chi connectivity index (χ2v) is 7.84. The van der Waals surface area contributed by atoms with E-state index >= 15 is 0 Å². The Hall–Kier alpha value is -2.51. The Bertz CT molecular complexity index is 888. The number of nitrogens with one attached hydrogen (secondary N) is 2. The Kier molecular flexibility index (Phi) is 4.81. The lowest BCUT2D eigenvalue weighted by Gasteiger charge is -2.29. The SMILES string of the molecule is Cc1ccc(CN(Cc2ccncc2)C(=O)C2NCCc3[nH]cnc32)s1. The van der Waals surface area contributed by atoms with E-state index in [2.05, 4.69) is 39.3 Å². The molecule has 1 amide bonds. The molecule has 3 aromatic rings. The first-order valence-electron chi connectivity index (χ1n) is 8.69. The highest BCUT2D eigenvalue weighted by Crippen LogP contribution is 2.25. The molecule has 0 aromatic carbocycles. The van der Waals surface area contributed by atoms with Gasteiger partial charge in [-0.2, -0.15) is 0 Å². The first-order chi connectivity index (χ1) is 12.7. The van der Waals surface area contributed by atoms with E-state index in [1.165, 1.54) is 9.75 Å². The van der Waals surface area contributed by atoms with Gasteiger partial charge < -0.3 is 15.2 Å². The number of aryl methyl sites for hydroxylation is 1. The summed E-state index contributed by atoms with van der Waals surface area (Å²) in [6.45, 7) is 4.00. The molecule has 4 heterocycles. The van der Waals surface area contributed by atoms with Crippen LogP contribution >= 0.6 is 11.3 Å². The predicted molar refractivity (Wildman–Crippen MR) is 101 cm³/mol. The molecule has 134 valence electrons. The van der Waals surface area contributed by atoms with Crippen LogP contribution in [0.4, 0.5) is 0 Å². The van der Waals surface area contributed by atoms with Crippen LogP contribution in [0.1, 0.15) is 32.7 Å². The van der Waals surface area contributed by atoms with Crippen molar-refractivity contribution in [3.63, 3.8) is 0 Å². The normalized spacial score (nSPS) is 16.3. The van der Waals surface area contributed by atoms with Gasteiger partial charge in [-0.3, -0.25) is 9.78 Å². The summed E-state index contributed by atoms with van der Waals surface area (Å²) in [7, 11) is 0. The number of imidazole rings is 1. The standard InChI is InChI=1S/C19H21N5OS/c1-13-2-3-15(26-13)11-24(10-14-4-7-20-8-5-14)19(25)18-17-16(6-9-21-18)22-12-23-17/h2-5,7-8,12,18,21H,6,9-11H2,1H3,(H,22,23). The van der Waals surface area contributed by atoms with Crippen molar-refractivity contribution in [1.29, 1.82) is 0 Å². The Morgan fingerprint density at radius 3 is 2.88 bits per heavy atom. The summed E-state index contributed by atoms with van der Waals surface area (Å²) in [5.74, 6) is 0.0564. The van der Waals surface area contributed by atoms with E-state index < -0.39 is 6.04 Å². The van der Waals surface area contributed by atoms with Gasteiger partial charge in [-0.05, 0) is 36.8 Å². The number of amides is 1. The zero-order valence-corrected chi connectivity index (χ0v) is 15.4. The fourth-order valence-electron chi connectivity index (χ4n) is 3.28. The molecule has 0 bridgehead atoms. The van der Waals surface area contributed by atoms with E-state index in [1.54, 1.807) is 30.1 Å². The van der Waals surface area contributed by atoms with Crippen LogP contribution in [0, 0.1) is 6.92 Å². The second kappa shape index (κ2) is 7.39. The predicted octanol–water partition coefficient (Wildman–Crippen LogP) is 2.59. The molecule has 2 N–H and O–H groups in total. The molecular formula is C19H21N5OS. The van der Waals surface area contributed by atoms with Crippen molar-refractivity contribution < 1.29 is 4.79 Å². The third-order valence-electron chi connectivity index (χ3n) is 4.57. The molecule has 1 unspecified atom stereocenters. The molecule has 1 aliphatic heterocycles. The summed E-state index contributed by atoms with van der Waals surface area (Å²) in [5, 5.41) is 3.34. The number of thiophene rings is 1. The molecule has 0 saturated carbocycles. The quantitative estimate of drug-likeness (QED) is 0.727. The number of rotatable bonds is 5. The lowest BCUT2D eigenvalue weighted by molar-refractivity contribution is -0.135. The Labute approximate surface area is 156 Å². The minimum absolute atomic E-state index is 0.0564. The third kappa shape index (κ3) is 3.54. The Morgan fingerprint density at radius 1 is 1.27 bits per heavy atom. The highest BCUT2D eigenvalue weighted by molar-refractivity contribution is 7.11. The second-order valence-electron chi connectivity index (χ2n) is 6.47. The van der Waals surface area contributed by atoms with Crippen LogP contribution in [-0.4, -0.2) is 32.3 Å². The van der Waals surface area contributed by atoms with Crippen molar-refractivity contribution in [1.82, 2.24) is 25.2 Å². The van der Waals surface area contributed by atoms with Gasteiger partial charge in [-0.15, -0.1) is 11.3 Å². The molecule has 1 aliphatic rings. The number of hydrogen-bond donors (Lipinski definition) is 2. The highest BCUT2D eigenvalue weighted by atomic mass is 32.1. The summed E-state index contributed by atoms with van der Waals surface area (Å²) in [6.07, 6.45) is 6.07. The maximum Gasteiger partial charge on any atom is 0.246 e. The van der Waals surface area contributed by atoms with Crippen molar-refractivity contribution in [2.75, 3.05) is 6.54 Å². The van der Waals surface area contributed by atoms with Gasteiger partial charge in [0.1, 0.15) is 6.04 Å². The number of aromatic amines is 1. The lowest BCUT2D eigenvalue weighted by atomic mass is 10.0. The lowest BCUT2D eigenvalue weighted by Crippen LogP contribution is -2.43. The van der Waals surface area contributed by atoms with Crippen LogP contribution in [0.3, 0.4) is 0 Å². The van der Waals surface area contributed by atoms with Crippen molar-refractivity contribution in [3.05, 3.63) is 69.7 Å². The van der Waals surface area contributed by atoms with Crippen LogP contribution in [0.2, 0.25) is 0 Å². The zero-order valence-electron chi connectivity index (χ0n) is 14.6. The molecule has 6 nitrogen and oxygen atoms in total. The number of carbonyl (C=O) groups excluding carboxylic acids is 1. The maximum atomic E-state index is 13.4. The Balaban J connectivity index is 1.60. The minimum Gasteiger partial charge on any atom is -0.348 e. The van der Waals surface area contributed by atoms with Crippen molar-refractivity contribution in [2.45, 2.75) is 32.5 Å². The van der Waals surface area contributed by atoms with Gasteiger partial charge in [-0.1, -0.05) is 0 Å². The average molecular weight is 367 g/mol. The van der Waals surface area contributed by atoms with Crippen LogP contribution in [0.5, 0.6) is 0 Å². The van der Waals surface area contributed by atoms with Gasteiger partial charge in [0.05, 0.1) is 18.6 Å². The van der Waals surface area contributed by atoms with E-state index in [-0.39, 0.29) is 5.91 Å². The largest absolute Gasteiger partial charge is 0.348 e. The maximum absolute atomic E-state index is 13.4. The van der Waals surface area contributed by atoms with Gasteiger partial charge in [0, 0.05) is 47.4 Å². The highest BCUT2D eigenvalue weighted by Gasteiger charge is 2.32. The number of nitrogens with zero attached hydrogens (tertiary/aromatic N) is 3. The number of aromatic nitrogens is 3. The first kappa shape index (κ1) is 16.9. The summed E-state index contributed by atoms with van der Waals surface area (Å²) < 4.78 is 0. The number of H-pyrrole nitrogens is 1. The van der Waals surface area contributed by atoms with Crippen LogP contribution in [0.15, 0.2) is 43.0 Å². The van der Waals surface area contributed by atoms with E-state index in [9.17, 15) is 4.79 Å². The molecule has 7 heteroatoms. The molecule has 26 heavy (non-hydrogen) atoms. The van der Waals surface area contributed by atoms with Gasteiger partial charge in [0.15, 0.2) is 0 Å². The van der Waals surface area contributed by atoms with E-state index in [0.717, 1.165) is 29.9 Å². The van der Waals surface area contributed by atoms with Gasteiger partial charge in [0.25, 0.3) is 0 Å². The molecule has 0 fully saturated rings. The van der Waals surface area contributed by atoms with Crippen molar-refractivity contribution >= 4 is 17.2 Å². The van der Waals surface area contributed by atoms with Gasteiger partial charge in [-0.25, -0.2) is 4.98 Å². The third-order valence-corrected chi connectivity index (χ3v) is 5.56. The number of fused-ring (bicyclic) bond motifs is 1. The van der Waals surface area contributed by atoms with E-state index in [4.69, 9.17) is 0 Å². The summed E-state index contributed by atoms with van der Waals surface area (Å²) in [6, 6.07) is 7.71. The smallest absolute Gasteiger partial charge is 0.246 e. The number of hydrogen-bond acceptors (Lipinski definition) is 5. The average Bonchev–Trinajstić information content (AvgIpc) is 3.30. The monoisotopic (exact) mass is 367 g/mol. The summed E-state index contributed by atoms with van der Waals surface area (Å²) in [5.41, 5.74) is 2.95. The topological polar surface area (TPSA) is 73.9 Å². The Morgan fingerprint density at radius 2 is 2.12 bits per heavy atom. The van der Waals surface area contributed by atoms with Crippen LogP contribution in [0.25, 0.3) is 0 Å². The van der Waals surface area contributed by atoms with Crippen LogP contribution < -0.4 is 5.32 Å². The summed E-state index contributed by atoms with van der Waals surface area (Å²) >= 11 is 1.73. The van der Waals surface area contributed by atoms with Crippen LogP contribution in [-0.2, 0) is 24.3 Å². The molecule has 4 rings (SSSR count). The molecule has 3 aromatic heterocycles. The number of carbonyl (C=O) groups is 1. The molecule has 0 aliphatic carbocycles. The van der Waals surface area contributed by atoms with Gasteiger partial charge >= 0.3 is 0 Å². The molecule has 0 saturated heterocycles. The molecular weight excluding hydrogens is 346 g/mol. The number of pyridine rings is 1. The fraction of sp³-hybridized carbons (Fsp3) is 0.316. The zero-order chi connectivity index (χ0) is 17.9. The summed E-state index contributed by atoms with van der Waals surface area (Å²) in [4.78, 5) is 29.3. The molecule has 0 radical (unpaired) electrons. The minimum atomic E-state index is -0.395. The molecule has 0 spiro atoms. The van der Waals surface area contributed by atoms with E-state index in [0.29, 0.717) is 13.1 Å². The van der Waals surface area contributed by atoms with E-state index in [1.807, 2.05) is 17.0 Å². The first-order valence-corrected chi connectivity index (χ1v) is 9.51. The molecule has 1 atom stereocenters. The fourth-order valence-corrected chi connectivity index (χ4v) is 4.19. The van der Waals surface area contributed by atoms with Gasteiger partial charge in [0.2, 0.25) is 5.91 Å². The van der Waals surface area contributed by atoms with Crippen molar-refractivity contribution in [3.8, 4) is 0 Å². The van der Waals surface area contributed by atoms with Crippen molar-refractivity contribution in [2.24, 2.45) is 0 Å².